The molecule has 5 N–H and O–H groups in total. The first-order chi connectivity index (χ1) is 18.9. The highest BCUT2D eigenvalue weighted by atomic mass is 16.5. The Bertz CT molecular complexity index is 1210. The van der Waals surface area contributed by atoms with Crippen LogP contribution in [-0.4, -0.2) is 76.4 Å². The minimum atomic E-state index is -0.427. The Balaban J connectivity index is 1.02. The Labute approximate surface area is 229 Å². The highest BCUT2D eigenvalue weighted by Gasteiger charge is 2.40. The molecule has 3 aliphatic heterocycles. The number of piperidine rings is 1. The second-order valence-corrected chi connectivity index (χ2v) is 11.9. The summed E-state index contributed by atoms with van der Waals surface area (Å²) < 4.78 is 7.44. The highest BCUT2D eigenvalue weighted by molar-refractivity contribution is 5.88. The topological polar surface area (TPSA) is 132 Å². The molecule has 1 aliphatic carbocycles. The van der Waals surface area contributed by atoms with Crippen molar-refractivity contribution in [1.29, 1.82) is 0 Å². The standard InChI is InChI=1S/C29H41N7O3/c30-24-8-5-21-17-34(18-23(21)24)16-19-3-6-22(7-4-19)36-14-11-26(33-29(36)38)32-28(37)35-12-9-20(10-13-35)27-25(31)2-1-15-39-27/h3-4,6-7,11,14,20-21,23-25,27H,1-2,5,8-10,12-13,15-18,30-31H2,(H,32,33,37,38)/t21-,23-,24-,25?,27?/m0/s1. The number of benzene rings is 1. The molecule has 10 heteroatoms. The fraction of sp³-hybridized carbons (Fsp3) is 0.621. The molecule has 1 aromatic heterocycles. The summed E-state index contributed by atoms with van der Waals surface area (Å²) in [5.41, 5.74) is 14.1. The van der Waals surface area contributed by atoms with Crippen LogP contribution in [0, 0.1) is 17.8 Å². The number of likely N-dealkylation sites (tertiary alicyclic amines) is 2. The van der Waals surface area contributed by atoms with E-state index in [-0.39, 0.29) is 24.0 Å². The van der Waals surface area contributed by atoms with E-state index < -0.39 is 5.69 Å². The van der Waals surface area contributed by atoms with Crippen molar-refractivity contribution in [2.75, 3.05) is 38.1 Å². The van der Waals surface area contributed by atoms with Gasteiger partial charge < -0.3 is 21.1 Å². The van der Waals surface area contributed by atoms with E-state index in [1.165, 1.54) is 16.6 Å². The van der Waals surface area contributed by atoms with E-state index in [4.69, 9.17) is 16.2 Å². The second-order valence-electron chi connectivity index (χ2n) is 11.9. The number of fused-ring (bicyclic) bond motifs is 1. The number of rotatable bonds is 5. The monoisotopic (exact) mass is 535 g/mol. The number of carbonyl (C=O) groups excluding carboxylic acids is 1. The maximum atomic E-state index is 12.8. The molecule has 10 nitrogen and oxygen atoms in total. The first-order valence-electron chi connectivity index (χ1n) is 14.5. The molecule has 5 atom stereocenters. The molecule has 0 bridgehead atoms. The van der Waals surface area contributed by atoms with Gasteiger partial charge in [-0.05, 0) is 80.0 Å². The summed E-state index contributed by atoms with van der Waals surface area (Å²) in [4.78, 5) is 34.0. The number of nitrogens with two attached hydrogens (primary N) is 2. The van der Waals surface area contributed by atoms with Gasteiger partial charge in [-0.15, -0.1) is 0 Å². The van der Waals surface area contributed by atoms with Crippen molar-refractivity contribution in [2.24, 2.45) is 29.2 Å². The van der Waals surface area contributed by atoms with Crippen LogP contribution in [0.4, 0.5) is 10.6 Å². The van der Waals surface area contributed by atoms with Crippen LogP contribution in [0.15, 0.2) is 41.3 Å². The molecule has 39 heavy (non-hydrogen) atoms. The molecule has 4 heterocycles. The third-order valence-corrected chi connectivity index (χ3v) is 9.35. The Morgan fingerprint density at radius 3 is 2.49 bits per heavy atom. The molecule has 3 saturated heterocycles. The summed E-state index contributed by atoms with van der Waals surface area (Å²) in [6, 6.07) is 9.91. The number of hydrogen-bond acceptors (Lipinski definition) is 7. The zero-order valence-corrected chi connectivity index (χ0v) is 22.6. The van der Waals surface area contributed by atoms with Gasteiger partial charge >= 0.3 is 11.7 Å². The average molecular weight is 536 g/mol. The first kappa shape index (κ1) is 26.4. The number of carbonyl (C=O) groups is 1. The van der Waals surface area contributed by atoms with E-state index in [1.807, 2.05) is 12.1 Å². The van der Waals surface area contributed by atoms with Crippen LogP contribution in [0.25, 0.3) is 5.69 Å². The molecule has 2 amide bonds. The van der Waals surface area contributed by atoms with Crippen LogP contribution in [-0.2, 0) is 11.3 Å². The van der Waals surface area contributed by atoms with Gasteiger partial charge in [-0.1, -0.05) is 12.1 Å². The normalized spacial score (nSPS) is 29.9. The van der Waals surface area contributed by atoms with Crippen molar-refractivity contribution in [2.45, 2.75) is 63.3 Å². The van der Waals surface area contributed by atoms with Crippen molar-refractivity contribution in [3.05, 3.63) is 52.6 Å². The largest absolute Gasteiger partial charge is 0.376 e. The number of amides is 2. The third kappa shape index (κ3) is 5.75. The van der Waals surface area contributed by atoms with E-state index in [9.17, 15) is 9.59 Å². The quantitative estimate of drug-likeness (QED) is 0.535. The lowest BCUT2D eigenvalue weighted by Gasteiger charge is -2.39. The van der Waals surface area contributed by atoms with Gasteiger partial charge in [0.2, 0.25) is 0 Å². The lowest BCUT2D eigenvalue weighted by atomic mass is 9.85. The molecular formula is C29H41N7O3. The van der Waals surface area contributed by atoms with Crippen molar-refractivity contribution >= 4 is 11.8 Å². The van der Waals surface area contributed by atoms with Gasteiger partial charge in [0.05, 0.1) is 11.8 Å². The number of urea groups is 1. The Morgan fingerprint density at radius 1 is 0.974 bits per heavy atom. The minimum Gasteiger partial charge on any atom is -0.376 e. The molecular weight excluding hydrogens is 494 g/mol. The van der Waals surface area contributed by atoms with Gasteiger partial charge in [-0.25, -0.2) is 9.59 Å². The predicted molar refractivity (Wildman–Crippen MR) is 150 cm³/mol. The van der Waals surface area contributed by atoms with Crippen LogP contribution in [0.3, 0.4) is 0 Å². The smallest absolute Gasteiger partial charge is 0.354 e. The predicted octanol–water partition coefficient (Wildman–Crippen LogP) is 2.15. The number of aromatic nitrogens is 2. The first-order valence-corrected chi connectivity index (χ1v) is 14.5. The summed E-state index contributed by atoms with van der Waals surface area (Å²) in [6.45, 7) is 5.14. The van der Waals surface area contributed by atoms with Gasteiger partial charge in [-0.2, -0.15) is 4.98 Å². The van der Waals surface area contributed by atoms with Gasteiger partial charge in [0, 0.05) is 57.6 Å². The van der Waals surface area contributed by atoms with Crippen molar-refractivity contribution in [3.8, 4) is 5.69 Å². The van der Waals surface area contributed by atoms with Gasteiger partial charge in [0.15, 0.2) is 0 Å². The Kier molecular flexibility index (Phi) is 7.70. The average Bonchev–Trinajstić information content (AvgIpc) is 3.50. The van der Waals surface area contributed by atoms with Crippen LogP contribution in [0.1, 0.15) is 44.1 Å². The lowest BCUT2D eigenvalue weighted by molar-refractivity contribution is -0.0468. The number of hydrogen-bond donors (Lipinski definition) is 3. The summed E-state index contributed by atoms with van der Waals surface area (Å²) in [6.07, 6.45) is 7.91. The number of ether oxygens (including phenoxy) is 1. The zero-order valence-electron chi connectivity index (χ0n) is 22.6. The maximum absolute atomic E-state index is 12.8. The summed E-state index contributed by atoms with van der Waals surface area (Å²) >= 11 is 0. The lowest BCUT2D eigenvalue weighted by Crippen LogP contribution is -2.50. The molecule has 0 spiro atoms. The summed E-state index contributed by atoms with van der Waals surface area (Å²) in [5.74, 6) is 2.01. The van der Waals surface area contributed by atoms with Crippen molar-refractivity contribution in [3.63, 3.8) is 0 Å². The van der Waals surface area contributed by atoms with E-state index in [0.29, 0.717) is 31.0 Å². The van der Waals surface area contributed by atoms with Gasteiger partial charge in [0.1, 0.15) is 5.82 Å². The summed E-state index contributed by atoms with van der Waals surface area (Å²) in [5, 5.41) is 2.80. The molecule has 1 aromatic carbocycles. The minimum absolute atomic E-state index is 0.0836. The van der Waals surface area contributed by atoms with Gasteiger partial charge in [-0.3, -0.25) is 14.8 Å². The molecule has 2 aromatic rings. The Hall–Kier alpha value is -2.79. The van der Waals surface area contributed by atoms with Crippen LogP contribution < -0.4 is 22.5 Å². The zero-order chi connectivity index (χ0) is 26.9. The van der Waals surface area contributed by atoms with E-state index >= 15 is 0 Å². The van der Waals surface area contributed by atoms with Crippen LogP contribution in [0.5, 0.6) is 0 Å². The molecule has 1 saturated carbocycles. The second kappa shape index (κ2) is 11.4. The third-order valence-electron chi connectivity index (χ3n) is 9.35. The number of nitrogens with zero attached hydrogens (tertiary/aromatic N) is 4. The van der Waals surface area contributed by atoms with Crippen molar-refractivity contribution < 1.29 is 9.53 Å². The van der Waals surface area contributed by atoms with Crippen LogP contribution >= 0.6 is 0 Å². The SMILES string of the molecule is NC1CCCOC1C1CCN(C(=O)Nc2ccn(-c3ccc(CN4C[C@@H]5CC[C@H](N)[C@H]5C4)cc3)c(=O)n2)CC1. The molecule has 0 radical (unpaired) electrons. The number of nitrogens with one attached hydrogen (secondary N) is 1. The summed E-state index contributed by atoms with van der Waals surface area (Å²) in [7, 11) is 0. The molecule has 4 fully saturated rings. The van der Waals surface area contributed by atoms with Crippen LogP contribution in [0.2, 0.25) is 0 Å². The molecule has 6 rings (SSSR count). The number of anilines is 1. The fourth-order valence-corrected chi connectivity index (χ4v) is 7.15. The molecule has 2 unspecified atom stereocenters. The Morgan fingerprint density at radius 2 is 1.77 bits per heavy atom. The maximum Gasteiger partial charge on any atom is 0.354 e. The van der Waals surface area contributed by atoms with Gasteiger partial charge in [0.25, 0.3) is 0 Å². The molecule has 210 valence electrons. The van der Waals surface area contributed by atoms with E-state index in [2.05, 4.69) is 27.3 Å². The fourth-order valence-electron chi connectivity index (χ4n) is 7.15. The van der Waals surface area contributed by atoms with E-state index in [1.54, 1.807) is 17.2 Å². The molecule has 4 aliphatic rings. The van der Waals surface area contributed by atoms with E-state index in [0.717, 1.165) is 70.0 Å². The van der Waals surface area contributed by atoms with Crippen molar-refractivity contribution in [1.82, 2.24) is 19.4 Å². The highest BCUT2D eigenvalue weighted by Crippen LogP contribution is 2.37.